The van der Waals surface area contributed by atoms with Crippen LogP contribution in [0.5, 0.6) is 5.75 Å². The summed E-state index contributed by atoms with van der Waals surface area (Å²) in [6.45, 7) is 1.88. The normalized spacial score (nSPS) is 16.2. The molecule has 0 bridgehead atoms. The van der Waals surface area contributed by atoms with Crippen molar-refractivity contribution in [3.05, 3.63) is 65.2 Å². The third kappa shape index (κ3) is 3.29. The zero-order valence-corrected chi connectivity index (χ0v) is 14.6. The molecule has 0 aliphatic carbocycles. The minimum absolute atomic E-state index is 0.0296. The number of carbonyl (C=O) groups is 2. The second kappa shape index (κ2) is 6.86. The minimum Gasteiger partial charge on any atom is -0.497 e. The van der Waals surface area contributed by atoms with Crippen LogP contribution in [0.15, 0.2) is 54.1 Å². The van der Waals surface area contributed by atoms with Gasteiger partial charge in [-0.1, -0.05) is 30.3 Å². The van der Waals surface area contributed by atoms with Crippen molar-refractivity contribution < 1.29 is 14.3 Å². The highest BCUT2D eigenvalue weighted by Gasteiger charge is 2.34. The van der Waals surface area contributed by atoms with Crippen molar-refractivity contribution in [2.75, 3.05) is 12.0 Å². The summed E-state index contributed by atoms with van der Waals surface area (Å²) in [5.74, 6) is -0.251. The fourth-order valence-electron chi connectivity index (χ4n) is 2.56. The number of hydrogen-bond donors (Lipinski definition) is 1. The Morgan fingerprint density at radius 1 is 1.08 bits per heavy atom. The molecule has 1 heterocycles. The number of nitrogens with zero attached hydrogens (tertiary/aromatic N) is 1. The topological polar surface area (TPSA) is 58.6 Å². The summed E-state index contributed by atoms with van der Waals surface area (Å²) in [5.41, 5.74) is 2.29. The number of ether oxygens (including phenoxy) is 1. The lowest BCUT2D eigenvalue weighted by atomic mass is 10.1. The molecule has 3 rings (SSSR count). The Morgan fingerprint density at radius 3 is 2.40 bits per heavy atom. The number of aryl methyl sites for hydroxylation is 1. The molecule has 25 heavy (non-hydrogen) atoms. The Kier molecular flexibility index (Phi) is 4.63. The SMILES string of the molecule is COc1ccc(/C=C2\C(=O)NC(=S)N(c3ccccc3C)C2=O)cc1. The first-order valence-corrected chi connectivity index (χ1v) is 8.03. The lowest BCUT2D eigenvalue weighted by molar-refractivity contribution is -0.122. The zero-order valence-electron chi connectivity index (χ0n) is 13.8. The van der Waals surface area contributed by atoms with Gasteiger partial charge >= 0.3 is 0 Å². The van der Waals surface area contributed by atoms with Crippen molar-refractivity contribution in [3.8, 4) is 5.75 Å². The number of para-hydroxylation sites is 1. The average Bonchev–Trinajstić information content (AvgIpc) is 2.60. The third-order valence-electron chi connectivity index (χ3n) is 3.88. The van der Waals surface area contributed by atoms with Gasteiger partial charge in [-0.05, 0) is 54.5 Å². The van der Waals surface area contributed by atoms with E-state index in [0.29, 0.717) is 11.4 Å². The van der Waals surface area contributed by atoms with E-state index in [1.165, 1.54) is 4.90 Å². The Balaban J connectivity index is 2.00. The predicted molar refractivity (Wildman–Crippen MR) is 100 cm³/mol. The van der Waals surface area contributed by atoms with Crippen molar-refractivity contribution in [2.24, 2.45) is 0 Å². The Hall–Kier alpha value is -2.99. The smallest absolute Gasteiger partial charge is 0.270 e. The highest BCUT2D eigenvalue weighted by Crippen LogP contribution is 2.25. The van der Waals surface area contributed by atoms with Gasteiger partial charge in [0.25, 0.3) is 11.8 Å². The fraction of sp³-hybridized carbons (Fsp3) is 0.105. The van der Waals surface area contributed by atoms with E-state index in [2.05, 4.69) is 5.32 Å². The number of carbonyl (C=O) groups excluding carboxylic acids is 2. The Bertz CT molecular complexity index is 888. The molecule has 6 heteroatoms. The zero-order chi connectivity index (χ0) is 18.0. The molecule has 1 saturated heterocycles. The highest BCUT2D eigenvalue weighted by molar-refractivity contribution is 7.80. The molecule has 0 radical (unpaired) electrons. The van der Waals surface area contributed by atoms with Crippen LogP contribution < -0.4 is 15.0 Å². The van der Waals surface area contributed by atoms with E-state index >= 15 is 0 Å². The minimum atomic E-state index is -0.504. The fourth-order valence-corrected chi connectivity index (χ4v) is 2.83. The maximum Gasteiger partial charge on any atom is 0.270 e. The summed E-state index contributed by atoms with van der Waals surface area (Å²) in [6, 6.07) is 14.5. The van der Waals surface area contributed by atoms with Gasteiger partial charge in [0.1, 0.15) is 11.3 Å². The maximum absolute atomic E-state index is 12.9. The first-order chi connectivity index (χ1) is 12.0. The number of benzene rings is 2. The number of rotatable bonds is 3. The molecule has 1 fully saturated rings. The molecule has 0 atom stereocenters. The van der Waals surface area contributed by atoms with Crippen LogP contribution in [-0.4, -0.2) is 24.0 Å². The lowest BCUT2D eigenvalue weighted by Gasteiger charge is -2.30. The molecule has 0 unspecified atom stereocenters. The van der Waals surface area contributed by atoms with E-state index in [1.807, 2.05) is 25.1 Å². The number of methoxy groups -OCH3 is 1. The van der Waals surface area contributed by atoms with Gasteiger partial charge in [0.05, 0.1) is 12.8 Å². The van der Waals surface area contributed by atoms with Crippen LogP contribution in [-0.2, 0) is 9.59 Å². The summed E-state index contributed by atoms with van der Waals surface area (Å²) >= 11 is 5.20. The number of anilines is 1. The van der Waals surface area contributed by atoms with Crippen LogP contribution in [0.2, 0.25) is 0 Å². The highest BCUT2D eigenvalue weighted by atomic mass is 32.1. The van der Waals surface area contributed by atoms with E-state index in [4.69, 9.17) is 17.0 Å². The van der Waals surface area contributed by atoms with Crippen LogP contribution in [0, 0.1) is 6.92 Å². The molecular formula is C19H16N2O3S. The predicted octanol–water partition coefficient (Wildman–Crippen LogP) is 2.83. The molecule has 1 aliphatic heterocycles. The van der Waals surface area contributed by atoms with E-state index in [9.17, 15) is 9.59 Å². The van der Waals surface area contributed by atoms with Crippen molar-refractivity contribution in [2.45, 2.75) is 6.92 Å². The largest absolute Gasteiger partial charge is 0.497 e. The summed E-state index contributed by atoms with van der Waals surface area (Å²) < 4.78 is 5.11. The lowest BCUT2D eigenvalue weighted by Crippen LogP contribution is -2.54. The average molecular weight is 352 g/mol. The second-order valence-corrected chi connectivity index (χ2v) is 5.90. The van der Waals surface area contributed by atoms with Crippen LogP contribution in [0.1, 0.15) is 11.1 Å². The van der Waals surface area contributed by atoms with Gasteiger partial charge in [-0.2, -0.15) is 0 Å². The van der Waals surface area contributed by atoms with E-state index < -0.39 is 11.8 Å². The van der Waals surface area contributed by atoms with Gasteiger partial charge in [0.2, 0.25) is 0 Å². The molecule has 126 valence electrons. The molecule has 2 amide bonds. The molecule has 1 N–H and O–H groups in total. The number of thiocarbonyl (C=S) groups is 1. The number of amides is 2. The summed E-state index contributed by atoms with van der Waals surface area (Å²) in [4.78, 5) is 26.5. The molecule has 0 aromatic heterocycles. The molecule has 2 aromatic rings. The van der Waals surface area contributed by atoms with Gasteiger partial charge in [-0.25, -0.2) is 0 Å². The second-order valence-electron chi connectivity index (χ2n) is 5.52. The van der Waals surface area contributed by atoms with Gasteiger partial charge < -0.3 is 4.74 Å². The maximum atomic E-state index is 12.9. The molecule has 0 saturated carbocycles. The van der Waals surface area contributed by atoms with Gasteiger partial charge in [-0.3, -0.25) is 19.8 Å². The van der Waals surface area contributed by atoms with Crippen LogP contribution >= 0.6 is 12.2 Å². The summed E-state index contributed by atoms with van der Waals surface area (Å²) in [5, 5.41) is 2.66. The molecule has 5 nitrogen and oxygen atoms in total. The molecule has 0 spiro atoms. The monoisotopic (exact) mass is 352 g/mol. The van der Waals surface area contributed by atoms with E-state index in [0.717, 1.165) is 11.1 Å². The molecular weight excluding hydrogens is 336 g/mol. The standard InChI is InChI=1S/C19H16N2O3S/c1-12-5-3-4-6-16(12)21-18(23)15(17(22)20-19(21)25)11-13-7-9-14(24-2)10-8-13/h3-11H,1-2H3,(H,20,22,25)/b15-11+. The molecule has 2 aromatic carbocycles. The van der Waals surface area contributed by atoms with Crippen molar-refractivity contribution in [1.82, 2.24) is 5.32 Å². The Morgan fingerprint density at radius 2 is 1.76 bits per heavy atom. The van der Waals surface area contributed by atoms with Crippen LogP contribution in [0.4, 0.5) is 5.69 Å². The van der Waals surface area contributed by atoms with Gasteiger partial charge in [-0.15, -0.1) is 0 Å². The van der Waals surface area contributed by atoms with Gasteiger partial charge in [0.15, 0.2) is 5.11 Å². The summed E-state index contributed by atoms with van der Waals surface area (Å²) in [7, 11) is 1.58. The van der Waals surface area contributed by atoms with E-state index in [-0.39, 0.29) is 10.7 Å². The third-order valence-corrected chi connectivity index (χ3v) is 4.17. The van der Waals surface area contributed by atoms with Crippen LogP contribution in [0.3, 0.4) is 0 Å². The first kappa shape index (κ1) is 16.9. The first-order valence-electron chi connectivity index (χ1n) is 7.62. The van der Waals surface area contributed by atoms with E-state index in [1.54, 1.807) is 43.5 Å². The summed E-state index contributed by atoms with van der Waals surface area (Å²) in [6.07, 6.45) is 1.55. The molecule has 1 aliphatic rings. The van der Waals surface area contributed by atoms with Crippen molar-refractivity contribution >= 4 is 40.9 Å². The quantitative estimate of drug-likeness (QED) is 0.524. The van der Waals surface area contributed by atoms with Gasteiger partial charge in [0, 0.05) is 0 Å². The number of nitrogens with one attached hydrogen (secondary N) is 1. The Labute approximate surface area is 150 Å². The number of hydrogen-bond acceptors (Lipinski definition) is 4. The van der Waals surface area contributed by atoms with Crippen molar-refractivity contribution in [3.63, 3.8) is 0 Å². The van der Waals surface area contributed by atoms with Crippen molar-refractivity contribution in [1.29, 1.82) is 0 Å². The van der Waals surface area contributed by atoms with Crippen LogP contribution in [0.25, 0.3) is 6.08 Å².